The van der Waals surface area contributed by atoms with E-state index in [4.69, 9.17) is 23.7 Å². The number of alkyl halides is 4. The van der Waals surface area contributed by atoms with Gasteiger partial charge in [0.1, 0.15) is 11.4 Å². The summed E-state index contributed by atoms with van der Waals surface area (Å²) in [4.78, 5) is 30.5. The highest BCUT2D eigenvalue weighted by Crippen LogP contribution is 2.56. The lowest BCUT2D eigenvalue weighted by Gasteiger charge is -2.40. The molecule has 0 saturated heterocycles. The van der Waals surface area contributed by atoms with E-state index in [0.717, 1.165) is 11.7 Å². The molecule has 1 aromatic heterocycles. The van der Waals surface area contributed by atoms with Gasteiger partial charge in [-0.05, 0) is 82.1 Å². The van der Waals surface area contributed by atoms with E-state index in [1.165, 1.54) is 43.5 Å². The SMILES string of the molecule is CCOC(=O)C(F)OC(C1=Nc2ccc(C#N)cc2C1COCC[Si](C)(C)C)(c1c(OC)cc(C)c2c1ccn2C(=O)OC(C)(C)C)C(F)(F)F. The number of aliphatic imine (C=N–C) groups is 1. The number of carbonyl (C=O) groups is 2. The van der Waals surface area contributed by atoms with Crippen molar-refractivity contribution >= 4 is 42.4 Å². The van der Waals surface area contributed by atoms with Crippen LogP contribution in [0.5, 0.6) is 5.75 Å². The number of fused-ring (bicyclic) bond motifs is 2. The van der Waals surface area contributed by atoms with Gasteiger partial charge in [0.15, 0.2) is 0 Å². The first-order chi connectivity index (χ1) is 23.7. The number of methoxy groups -OCH3 is 1. The van der Waals surface area contributed by atoms with Crippen LogP contribution in [0.15, 0.2) is 41.5 Å². The van der Waals surface area contributed by atoms with E-state index in [-0.39, 0.29) is 53.3 Å². The molecule has 15 heteroatoms. The molecule has 276 valence electrons. The Morgan fingerprint density at radius 2 is 1.80 bits per heavy atom. The average Bonchev–Trinajstić information content (AvgIpc) is 3.62. The Hall–Kier alpha value is -4.26. The third kappa shape index (κ3) is 8.13. The maximum Gasteiger partial charge on any atom is 0.427 e. The fourth-order valence-corrected chi connectivity index (χ4v) is 6.69. The van der Waals surface area contributed by atoms with Gasteiger partial charge in [0.2, 0.25) is 5.60 Å². The van der Waals surface area contributed by atoms with Crippen molar-refractivity contribution in [1.29, 1.82) is 5.26 Å². The fraction of sp³-hybridized carbons (Fsp3) is 0.500. The van der Waals surface area contributed by atoms with Crippen molar-refractivity contribution in [2.24, 2.45) is 4.99 Å². The smallest absolute Gasteiger partial charge is 0.427 e. The Labute approximate surface area is 295 Å². The Balaban J connectivity index is 2.11. The van der Waals surface area contributed by atoms with Crippen LogP contribution in [0.1, 0.15) is 55.9 Å². The predicted molar refractivity (Wildman–Crippen MR) is 185 cm³/mol. The number of halogens is 4. The molecule has 0 spiro atoms. The molecule has 51 heavy (non-hydrogen) atoms. The van der Waals surface area contributed by atoms with Crippen LogP contribution in [0.3, 0.4) is 0 Å². The van der Waals surface area contributed by atoms with E-state index in [1.807, 2.05) is 6.07 Å². The van der Waals surface area contributed by atoms with Gasteiger partial charge in [-0.2, -0.15) is 18.4 Å². The summed E-state index contributed by atoms with van der Waals surface area (Å²) in [6.45, 7) is 13.7. The van der Waals surface area contributed by atoms with Gasteiger partial charge in [0.05, 0.1) is 60.4 Å². The van der Waals surface area contributed by atoms with Crippen molar-refractivity contribution < 1.29 is 50.8 Å². The molecule has 0 saturated carbocycles. The molecule has 0 radical (unpaired) electrons. The minimum absolute atomic E-state index is 0.00497. The lowest BCUT2D eigenvalue weighted by Crippen LogP contribution is -2.55. The van der Waals surface area contributed by atoms with E-state index in [2.05, 4.69) is 24.6 Å². The van der Waals surface area contributed by atoms with E-state index >= 15 is 17.6 Å². The number of esters is 1. The zero-order valence-electron chi connectivity index (χ0n) is 30.2. The first-order valence-corrected chi connectivity index (χ1v) is 20.1. The van der Waals surface area contributed by atoms with E-state index in [1.54, 1.807) is 27.7 Å². The van der Waals surface area contributed by atoms with Crippen LogP contribution in [0.25, 0.3) is 10.9 Å². The molecule has 0 bridgehead atoms. The van der Waals surface area contributed by atoms with Gasteiger partial charge in [-0.15, -0.1) is 0 Å². The van der Waals surface area contributed by atoms with Crippen molar-refractivity contribution in [3.63, 3.8) is 0 Å². The maximum absolute atomic E-state index is 16.4. The highest BCUT2D eigenvalue weighted by molar-refractivity contribution is 6.76. The van der Waals surface area contributed by atoms with Gasteiger partial charge in [-0.3, -0.25) is 9.56 Å². The van der Waals surface area contributed by atoms with Gasteiger partial charge in [0.25, 0.3) is 6.36 Å². The first-order valence-electron chi connectivity index (χ1n) is 16.4. The summed E-state index contributed by atoms with van der Waals surface area (Å²) in [5.41, 5.74) is -5.55. The van der Waals surface area contributed by atoms with Crippen LogP contribution in [0.4, 0.5) is 28.0 Å². The quantitative estimate of drug-likeness (QED) is 0.0787. The second-order valence-electron chi connectivity index (χ2n) is 14.4. The first kappa shape index (κ1) is 39.5. The average molecular weight is 734 g/mol. The third-order valence-corrected chi connectivity index (χ3v) is 9.89. The number of aromatic nitrogens is 1. The predicted octanol–water partition coefficient (Wildman–Crippen LogP) is 8.47. The van der Waals surface area contributed by atoms with E-state index in [0.29, 0.717) is 11.6 Å². The van der Waals surface area contributed by atoms with Crippen molar-refractivity contribution in [1.82, 2.24) is 4.57 Å². The highest BCUT2D eigenvalue weighted by Gasteiger charge is 2.67. The molecule has 10 nitrogen and oxygen atoms in total. The summed E-state index contributed by atoms with van der Waals surface area (Å²) in [6.07, 6.45) is -8.44. The number of hydrogen-bond acceptors (Lipinski definition) is 9. The zero-order chi connectivity index (χ0) is 38.1. The molecule has 1 aliphatic rings. The molecule has 1 aliphatic heterocycles. The Kier molecular flexibility index (Phi) is 11.4. The minimum atomic E-state index is -5.54. The minimum Gasteiger partial charge on any atom is -0.496 e. The van der Waals surface area contributed by atoms with Gasteiger partial charge in [0, 0.05) is 26.3 Å². The van der Waals surface area contributed by atoms with Gasteiger partial charge >= 0.3 is 18.2 Å². The third-order valence-electron chi connectivity index (χ3n) is 8.18. The number of hydrogen-bond donors (Lipinski definition) is 0. The molecule has 0 amide bonds. The second kappa shape index (κ2) is 14.8. The summed E-state index contributed by atoms with van der Waals surface area (Å²) in [7, 11) is -0.495. The van der Waals surface area contributed by atoms with Crippen LogP contribution in [0, 0.1) is 18.3 Å². The van der Waals surface area contributed by atoms with Gasteiger partial charge < -0.3 is 23.7 Å². The number of nitriles is 1. The molecule has 0 aliphatic carbocycles. The van der Waals surface area contributed by atoms with Gasteiger partial charge in [-0.25, -0.2) is 14.0 Å². The fourth-order valence-electron chi connectivity index (χ4n) is 5.94. The highest BCUT2D eigenvalue weighted by atomic mass is 28.3. The van der Waals surface area contributed by atoms with Crippen molar-refractivity contribution in [2.45, 2.75) is 90.0 Å². The summed E-state index contributed by atoms with van der Waals surface area (Å²) in [5.74, 6) is -3.41. The van der Waals surface area contributed by atoms with Crippen LogP contribution in [0.2, 0.25) is 25.7 Å². The number of benzene rings is 2. The maximum atomic E-state index is 16.4. The van der Waals surface area contributed by atoms with Crippen molar-refractivity contribution in [3.8, 4) is 11.8 Å². The molecule has 3 aromatic rings. The monoisotopic (exact) mass is 733 g/mol. The molecule has 0 fully saturated rings. The normalized spacial score (nSPS) is 16.5. The summed E-state index contributed by atoms with van der Waals surface area (Å²) in [5, 5.41) is 9.47. The molecular formula is C36H43F4N3O7Si. The number of carbonyl (C=O) groups excluding carboxylic acids is 2. The molecular weight excluding hydrogens is 690 g/mol. The summed E-state index contributed by atoms with van der Waals surface area (Å²) < 4.78 is 93.3. The second-order valence-corrected chi connectivity index (χ2v) is 20.0. The zero-order valence-corrected chi connectivity index (χ0v) is 31.2. The van der Waals surface area contributed by atoms with Crippen molar-refractivity contribution in [2.75, 3.05) is 26.9 Å². The number of aryl methyl sites for hydroxylation is 1. The molecule has 4 rings (SSSR count). The Morgan fingerprint density at radius 3 is 2.37 bits per heavy atom. The van der Waals surface area contributed by atoms with Crippen LogP contribution >= 0.6 is 0 Å². The molecule has 3 unspecified atom stereocenters. The van der Waals surface area contributed by atoms with Crippen LogP contribution in [-0.4, -0.2) is 75.5 Å². The topological polar surface area (TPSA) is 121 Å². The molecule has 2 aromatic carbocycles. The van der Waals surface area contributed by atoms with Crippen molar-refractivity contribution in [3.05, 3.63) is 58.8 Å². The van der Waals surface area contributed by atoms with E-state index in [9.17, 15) is 14.9 Å². The molecule has 3 atom stereocenters. The summed E-state index contributed by atoms with van der Waals surface area (Å²) in [6, 6.07) is 9.36. The Morgan fingerprint density at radius 1 is 1.12 bits per heavy atom. The molecule has 2 heterocycles. The Bertz CT molecular complexity index is 1870. The van der Waals surface area contributed by atoms with Gasteiger partial charge in [-0.1, -0.05) is 19.6 Å². The number of nitrogens with zero attached hydrogens (tertiary/aromatic N) is 3. The number of ether oxygens (including phenoxy) is 5. The lowest BCUT2D eigenvalue weighted by atomic mass is 9.78. The van der Waals surface area contributed by atoms with Crippen LogP contribution in [-0.2, 0) is 29.3 Å². The van der Waals surface area contributed by atoms with E-state index < -0.39 is 61.1 Å². The molecule has 0 N–H and O–H groups in total. The largest absolute Gasteiger partial charge is 0.496 e. The number of rotatable bonds is 12. The standard InChI is InChI=1S/C36H43F4N3O7Si/c1-10-48-32(44)31(37)49-35(36(38,39)40,28-23-13-14-43(33(45)50-34(3,4)5)29(23)21(2)17-27(28)46-6)30-25(20-47-15-16-51(7,8)9)24-18-22(19-41)11-12-26(24)42-30/h11-14,17-18,25,31H,10,15-16,20H2,1-9H3. The lowest BCUT2D eigenvalue weighted by molar-refractivity contribution is -0.282. The van der Waals surface area contributed by atoms with Crippen LogP contribution < -0.4 is 4.74 Å². The summed E-state index contributed by atoms with van der Waals surface area (Å²) >= 11 is 0.